The Morgan fingerprint density at radius 2 is 1.62 bits per heavy atom. The predicted octanol–water partition coefficient (Wildman–Crippen LogP) is 4.23. The maximum Gasteiger partial charge on any atom is 0.318 e. The number of amides is 3. The zero-order valence-electron chi connectivity index (χ0n) is 19.1. The van der Waals surface area contributed by atoms with Crippen molar-refractivity contribution in [3.8, 4) is 0 Å². The first-order chi connectivity index (χ1) is 15.3. The number of carbonyl (C=O) groups excluding carboxylic acids is 2. The van der Waals surface area contributed by atoms with Gasteiger partial charge in [0.05, 0.1) is 0 Å². The lowest BCUT2D eigenvalue weighted by Gasteiger charge is -2.37. The van der Waals surface area contributed by atoms with Gasteiger partial charge in [0.1, 0.15) is 5.82 Å². The van der Waals surface area contributed by atoms with E-state index >= 15 is 0 Å². The summed E-state index contributed by atoms with van der Waals surface area (Å²) in [5.41, 5.74) is 2.60. The summed E-state index contributed by atoms with van der Waals surface area (Å²) >= 11 is 0. The van der Waals surface area contributed by atoms with Gasteiger partial charge in [-0.25, -0.2) is 9.18 Å². The van der Waals surface area contributed by atoms with Gasteiger partial charge in [0.25, 0.3) is 0 Å². The average Bonchev–Trinajstić information content (AvgIpc) is 2.78. The molecule has 0 radical (unpaired) electrons. The molecule has 3 rings (SSSR count). The summed E-state index contributed by atoms with van der Waals surface area (Å²) in [5, 5.41) is 5.89. The number of halogens is 1. The van der Waals surface area contributed by atoms with Crippen molar-refractivity contribution < 1.29 is 14.0 Å². The number of nitrogens with one attached hydrogen (secondary N) is 2. The van der Waals surface area contributed by atoms with Crippen molar-refractivity contribution in [1.29, 1.82) is 0 Å². The Bertz CT molecular complexity index is 891. The molecule has 2 aromatic rings. The molecule has 0 unspecified atom stereocenters. The van der Waals surface area contributed by atoms with Crippen molar-refractivity contribution in [2.75, 3.05) is 25.5 Å². The number of likely N-dealkylation sites (tertiary alicyclic amines) is 1. The monoisotopic (exact) mass is 440 g/mol. The van der Waals surface area contributed by atoms with Gasteiger partial charge in [-0.3, -0.25) is 4.79 Å². The summed E-state index contributed by atoms with van der Waals surface area (Å²) in [4.78, 5) is 29.1. The van der Waals surface area contributed by atoms with Crippen LogP contribution in [0.1, 0.15) is 37.8 Å². The van der Waals surface area contributed by atoms with E-state index in [0.29, 0.717) is 13.1 Å². The van der Waals surface area contributed by atoms with E-state index in [-0.39, 0.29) is 29.7 Å². The number of benzene rings is 2. The number of nitrogens with zero attached hydrogens (tertiary/aromatic N) is 2. The highest BCUT2D eigenvalue weighted by Crippen LogP contribution is 2.19. The molecular weight excluding hydrogens is 407 g/mol. The lowest BCUT2D eigenvalue weighted by Crippen LogP contribution is -2.49. The molecular formula is C25H33FN4O2. The van der Waals surface area contributed by atoms with Crippen LogP contribution in [0.3, 0.4) is 0 Å². The molecule has 0 atom stereocenters. The van der Waals surface area contributed by atoms with Crippen molar-refractivity contribution in [2.45, 2.75) is 45.8 Å². The summed E-state index contributed by atoms with van der Waals surface area (Å²) in [5.74, 6) is -0.390. The van der Waals surface area contributed by atoms with E-state index < -0.39 is 0 Å². The fourth-order valence-corrected chi connectivity index (χ4v) is 3.73. The van der Waals surface area contributed by atoms with Gasteiger partial charge in [0.2, 0.25) is 5.91 Å². The van der Waals surface area contributed by atoms with Crippen LogP contribution in [0.4, 0.5) is 14.9 Å². The molecule has 1 aliphatic rings. The Kier molecular flexibility index (Phi) is 8.22. The maximum atomic E-state index is 13.3. The normalized spacial score (nSPS) is 14.9. The lowest BCUT2D eigenvalue weighted by atomic mass is 10.0. The second-order valence-corrected chi connectivity index (χ2v) is 8.79. The molecule has 172 valence electrons. The van der Waals surface area contributed by atoms with Gasteiger partial charge in [0, 0.05) is 30.7 Å². The third-order valence-electron chi connectivity index (χ3n) is 5.85. The summed E-state index contributed by atoms with van der Waals surface area (Å²) in [7, 11) is 2.09. The Morgan fingerprint density at radius 3 is 2.22 bits per heavy atom. The molecule has 0 spiro atoms. The minimum absolute atomic E-state index is 0.0272. The molecule has 0 aliphatic carbocycles. The minimum Gasteiger partial charge on any atom is -0.334 e. The van der Waals surface area contributed by atoms with E-state index in [0.717, 1.165) is 42.7 Å². The van der Waals surface area contributed by atoms with E-state index in [9.17, 15) is 14.0 Å². The molecule has 7 heteroatoms. The average molecular weight is 441 g/mol. The van der Waals surface area contributed by atoms with E-state index in [2.05, 4.69) is 22.6 Å². The summed E-state index contributed by atoms with van der Waals surface area (Å²) in [6.07, 6.45) is 1.82. The smallest absolute Gasteiger partial charge is 0.318 e. The second-order valence-electron chi connectivity index (χ2n) is 8.79. The highest BCUT2D eigenvalue weighted by molar-refractivity contribution is 5.92. The van der Waals surface area contributed by atoms with Gasteiger partial charge >= 0.3 is 6.03 Å². The molecule has 1 heterocycles. The van der Waals surface area contributed by atoms with Crippen molar-refractivity contribution in [3.05, 3.63) is 65.5 Å². The Labute approximate surface area is 189 Å². The van der Waals surface area contributed by atoms with Crippen LogP contribution in [0.5, 0.6) is 0 Å². The second kappa shape index (κ2) is 11.1. The van der Waals surface area contributed by atoms with E-state index in [1.165, 1.54) is 12.1 Å². The van der Waals surface area contributed by atoms with Crippen LogP contribution in [0, 0.1) is 11.7 Å². The molecule has 32 heavy (non-hydrogen) atoms. The van der Waals surface area contributed by atoms with Crippen molar-refractivity contribution >= 4 is 17.6 Å². The van der Waals surface area contributed by atoms with E-state index in [1.54, 1.807) is 12.1 Å². The van der Waals surface area contributed by atoms with Crippen LogP contribution in [0.25, 0.3) is 0 Å². The zero-order chi connectivity index (χ0) is 23.1. The summed E-state index contributed by atoms with van der Waals surface area (Å²) in [6.45, 7) is 6.43. The molecule has 3 amide bonds. The van der Waals surface area contributed by atoms with E-state index in [4.69, 9.17) is 0 Å². The van der Waals surface area contributed by atoms with Crippen LogP contribution in [0.2, 0.25) is 0 Å². The fraction of sp³-hybridized carbons (Fsp3) is 0.440. The molecule has 6 nitrogen and oxygen atoms in total. The topological polar surface area (TPSA) is 64.7 Å². The van der Waals surface area contributed by atoms with Crippen LogP contribution in [-0.2, 0) is 17.9 Å². The number of rotatable bonds is 7. The molecule has 1 aliphatic heterocycles. The number of piperidine rings is 1. The quantitative estimate of drug-likeness (QED) is 0.677. The Morgan fingerprint density at radius 1 is 1.03 bits per heavy atom. The minimum atomic E-state index is -0.280. The number of anilines is 1. The molecule has 2 N–H and O–H groups in total. The number of hydrogen-bond acceptors (Lipinski definition) is 3. The first-order valence-corrected chi connectivity index (χ1v) is 11.2. The van der Waals surface area contributed by atoms with Crippen LogP contribution < -0.4 is 10.6 Å². The van der Waals surface area contributed by atoms with Crippen LogP contribution in [0.15, 0.2) is 48.5 Å². The van der Waals surface area contributed by atoms with Crippen molar-refractivity contribution in [2.24, 2.45) is 5.92 Å². The SMILES string of the molecule is CC(C)C(=O)Nc1ccc(CNC(=O)N(Cc2ccc(F)cc2)C2CCN(C)CC2)cc1. The van der Waals surface area contributed by atoms with Gasteiger partial charge in [-0.15, -0.1) is 0 Å². The Balaban J connectivity index is 1.62. The summed E-state index contributed by atoms with van der Waals surface area (Å²) in [6, 6.07) is 13.8. The third kappa shape index (κ3) is 6.79. The zero-order valence-corrected chi connectivity index (χ0v) is 19.1. The van der Waals surface area contributed by atoms with Crippen molar-refractivity contribution in [3.63, 3.8) is 0 Å². The highest BCUT2D eigenvalue weighted by atomic mass is 19.1. The third-order valence-corrected chi connectivity index (χ3v) is 5.85. The maximum absolute atomic E-state index is 13.3. The molecule has 1 saturated heterocycles. The largest absolute Gasteiger partial charge is 0.334 e. The van der Waals surface area contributed by atoms with Gasteiger partial charge in [-0.05, 0) is 68.4 Å². The van der Waals surface area contributed by atoms with Crippen LogP contribution in [-0.4, -0.2) is 47.9 Å². The molecule has 0 bridgehead atoms. The van der Waals surface area contributed by atoms with Crippen LogP contribution >= 0.6 is 0 Å². The standard InChI is InChI=1S/C25H33FN4O2/c1-18(2)24(31)28-22-10-6-19(7-11-22)16-27-25(32)30(23-12-14-29(3)15-13-23)17-20-4-8-21(26)9-5-20/h4-11,18,23H,12-17H2,1-3H3,(H,27,32)(H,28,31). The van der Waals surface area contributed by atoms with Gasteiger partial charge in [0.15, 0.2) is 0 Å². The fourth-order valence-electron chi connectivity index (χ4n) is 3.73. The summed E-state index contributed by atoms with van der Waals surface area (Å²) < 4.78 is 13.3. The van der Waals surface area contributed by atoms with Gasteiger partial charge < -0.3 is 20.4 Å². The predicted molar refractivity (Wildman–Crippen MR) is 125 cm³/mol. The lowest BCUT2D eigenvalue weighted by molar-refractivity contribution is -0.118. The first kappa shape index (κ1) is 23.7. The molecule has 1 fully saturated rings. The molecule has 2 aromatic carbocycles. The number of urea groups is 1. The first-order valence-electron chi connectivity index (χ1n) is 11.2. The highest BCUT2D eigenvalue weighted by Gasteiger charge is 2.27. The molecule has 0 aromatic heterocycles. The van der Waals surface area contributed by atoms with E-state index in [1.807, 2.05) is 43.0 Å². The Hall–Kier alpha value is -2.93. The number of carbonyl (C=O) groups is 2. The van der Waals surface area contributed by atoms with Gasteiger partial charge in [-0.2, -0.15) is 0 Å². The number of hydrogen-bond donors (Lipinski definition) is 2. The van der Waals surface area contributed by atoms with Gasteiger partial charge in [-0.1, -0.05) is 38.1 Å². The van der Waals surface area contributed by atoms with Crippen molar-refractivity contribution in [1.82, 2.24) is 15.1 Å². The molecule has 0 saturated carbocycles.